The number of pyridine rings is 1. The molecular weight excluding hydrogens is 653 g/mol. The number of aromatic nitrogens is 5. The Labute approximate surface area is 277 Å². The van der Waals surface area contributed by atoms with Crippen molar-refractivity contribution in [2.75, 3.05) is 19.0 Å². The van der Waals surface area contributed by atoms with Crippen LogP contribution in [-0.4, -0.2) is 50.3 Å². The maximum Gasteiger partial charge on any atom is 0.280 e. The molecule has 3 aromatic heterocycles. The molecule has 11 nitrogen and oxygen atoms in total. The molecule has 1 saturated heterocycles. The topological polar surface area (TPSA) is 136 Å². The maximum absolute atomic E-state index is 13.7. The summed E-state index contributed by atoms with van der Waals surface area (Å²) in [6.45, 7) is 0.984. The second-order valence-electron chi connectivity index (χ2n) is 10.8. The fourth-order valence-corrected chi connectivity index (χ4v) is 5.99. The van der Waals surface area contributed by atoms with Gasteiger partial charge >= 0.3 is 0 Å². The Hall–Kier alpha value is -4.72. The first kappa shape index (κ1) is 32.2. The molecule has 3 N–H and O–H groups in total. The summed E-state index contributed by atoms with van der Waals surface area (Å²) in [6.07, 6.45) is 1.36. The van der Waals surface area contributed by atoms with Crippen molar-refractivity contribution in [1.82, 2.24) is 35.4 Å². The van der Waals surface area contributed by atoms with E-state index in [9.17, 15) is 18.4 Å². The van der Waals surface area contributed by atoms with Crippen molar-refractivity contribution in [3.63, 3.8) is 0 Å². The van der Waals surface area contributed by atoms with Crippen molar-refractivity contribution in [2.45, 2.75) is 31.9 Å². The minimum atomic E-state index is -2.87. The molecule has 1 aliphatic heterocycles. The number of ether oxygens (including phenoxy) is 1. The molecule has 2 aromatic carbocycles. The normalized spacial score (nSPS) is 14.5. The van der Waals surface area contributed by atoms with Crippen LogP contribution < -0.4 is 26.2 Å². The van der Waals surface area contributed by atoms with Gasteiger partial charge in [0.25, 0.3) is 12.0 Å². The lowest BCUT2D eigenvalue weighted by atomic mass is 10.0. The number of benzene rings is 2. The number of aryl methyl sites for hydroxylation is 1. The number of carbonyl (C=O) groups excluding carboxylic acids is 1. The highest BCUT2D eigenvalue weighted by atomic mass is 35.5. The zero-order valence-electron chi connectivity index (χ0n) is 25.2. The van der Waals surface area contributed by atoms with Crippen molar-refractivity contribution in [2.24, 2.45) is 7.05 Å². The highest BCUT2D eigenvalue weighted by Gasteiger charge is 2.22. The fraction of sp³-hybridized carbons (Fsp3) is 0.250. The lowest BCUT2D eigenvalue weighted by Gasteiger charge is -2.16. The van der Waals surface area contributed by atoms with Crippen molar-refractivity contribution in [3.05, 3.63) is 86.6 Å². The lowest BCUT2D eigenvalue weighted by Crippen LogP contribution is -2.35. The zero-order chi connectivity index (χ0) is 33.2. The quantitative estimate of drug-likeness (QED) is 0.167. The highest BCUT2D eigenvalue weighted by Crippen LogP contribution is 2.42. The molecule has 0 bridgehead atoms. The van der Waals surface area contributed by atoms with Crippen LogP contribution in [0, 0.1) is 0 Å². The molecule has 0 spiro atoms. The molecule has 0 radical (unpaired) electrons. The van der Waals surface area contributed by atoms with E-state index in [1.165, 1.54) is 20.4 Å². The Kier molecular flexibility index (Phi) is 9.30. The summed E-state index contributed by atoms with van der Waals surface area (Å²) in [5.41, 5.74) is 2.04. The number of hydrogen-bond acceptors (Lipinski definition) is 9. The first-order valence-corrected chi connectivity index (χ1v) is 15.3. The third-order valence-electron chi connectivity index (χ3n) is 7.76. The third kappa shape index (κ3) is 6.59. The Morgan fingerprint density at radius 3 is 2.53 bits per heavy atom. The number of anilines is 2. The standard InChI is InChI=1S/C32H28Cl2F2N8O3/c1-44-32(46)26-16(12-39-44)11-22(29(35)36)42-30(26)41-21-8-4-6-19(28(21)34)18-5-3-7-20(27(18)33)23-15-38-24(31(43-23)47-2)14-37-13-17-9-10-25(45)40-17/h3-8,11-12,15,17,29,37H,9-10,13-14H2,1-2H3,(H,40,45)(H,41,42). The van der Waals surface area contributed by atoms with Gasteiger partial charge in [-0.1, -0.05) is 53.5 Å². The Morgan fingerprint density at radius 2 is 1.81 bits per heavy atom. The average Bonchev–Trinajstić information content (AvgIpc) is 3.48. The van der Waals surface area contributed by atoms with Gasteiger partial charge in [0.1, 0.15) is 17.2 Å². The molecule has 0 aliphatic carbocycles. The predicted molar refractivity (Wildman–Crippen MR) is 175 cm³/mol. The molecule has 47 heavy (non-hydrogen) atoms. The number of nitrogens with zero attached hydrogens (tertiary/aromatic N) is 5. The largest absolute Gasteiger partial charge is 0.480 e. The fourth-order valence-electron chi connectivity index (χ4n) is 5.39. The van der Waals surface area contributed by atoms with Gasteiger partial charge in [0.05, 0.1) is 46.3 Å². The number of carbonyl (C=O) groups is 1. The first-order valence-electron chi connectivity index (χ1n) is 14.5. The molecule has 242 valence electrons. The van der Waals surface area contributed by atoms with Crippen molar-refractivity contribution in [3.8, 4) is 28.3 Å². The molecule has 1 atom stereocenters. The van der Waals surface area contributed by atoms with Gasteiger partial charge in [-0.05, 0) is 18.6 Å². The Balaban J connectivity index is 1.31. The van der Waals surface area contributed by atoms with Gasteiger partial charge in [0.2, 0.25) is 11.8 Å². The Morgan fingerprint density at radius 1 is 1.06 bits per heavy atom. The van der Waals surface area contributed by atoms with Gasteiger partial charge in [-0.2, -0.15) is 5.10 Å². The van der Waals surface area contributed by atoms with Gasteiger partial charge in [-0.15, -0.1) is 0 Å². The summed E-state index contributed by atoms with van der Waals surface area (Å²) in [4.78, 5) is 37.7. The molecule has 5 aromatic rings. The minimum Gasteiger partial charge on any atom is -0.480 e. The van der Waals surface area contributed by atoms with E-state index in [-0.39, 0.29) is 33.6 Å². The van der Waals surface area contributed by atoms with Crippen LogP contribution in [0.5, 0.6) is 5.88 Å². The van der Waals surface area contributed by atoms with E-state index in [0.29, 0.717) is 64.2 Å². The molecule has 1 aliphatic rings. The molecule has 4 heterocycles. The van der Waals surface area contributed by atoms with E-state index >= 15 is 0 Å². The first-order chi connectivity index (χ1) is 22.6. The summed E-state index contributed by atoms with van der Waals surface area (Å²) in [5.74, 6) is 0.296. The van der Waals surface area contributed by atoms with Gasteiger partial charge < -0.3 is 20.7 Å². The van der Waals surface area contributed by atoms with Gasteiger partial charge in [0.15, 0.2) is 0 Å². The highest BCUT2D eigenvalue weighted by molar-refractivity contribution is 6.39. The molecule has 6 rings (SSSR count). The van der Waals surface area contributed by atoms with E-state index in [2.05, 4.69) is 36.0 Å². The van der Waals surface area contributed by atoms with E-state index in [4.69, 9.17) is 27.9 Å². The lowest BCUT2D eigenvalue weighted by molar-refractivity contribution is -0.119. The molecule has 1 amide bonds. The minimum absolute atomic E-state index is 0.0528. The molecule has 15 heteroatoms. The smallest absolute Gasteiger partial charge is 0.280 e. The van der Waals surface area contributed by atoms with Crippen LogP contribution in [0.25, 0.3) is 33.2 Å². The van der Waals surface area contributed by atoms with E-state index in [0.717, 1.165) is 17.2 Å². The number of alkyl halides is 2. The molecule has 1 fully saturated rings. The monoisotopic (exact) mass is 680 g/mol. The summed E-state index contributed by atoms with van der Waals surface area (Å²) in [5, 5.41) is 14.0. The molecular formula is C32H28Cl2F2N8O3. The molecule has 0 saturated carbocycles. The number of hydrogen-bond donors (Lipinski definition) is 3. The van der Waals surface area contributed by atoms with Crippen molar-refractivity contribution in [1.29, 1.82) is 0 Å². The number of nitrogens with one attached hydrogen (secondary N) is 3. The Bertz CT molecular complexity index is 2060. The third-order valence-corrected chi connectivity index (χ3v) is 8.58. The van der Waals surface area contributed by atoms with Crippen molar-refractivity contribution < 1.29 is 18.3 Å². The second-order valence-corrected chi connectivity index (χ2v) is 11.6. The van der Waals surface area contributed by atoms with Crippen LogP contribution in [0.3, 0.4) is 0 Å². The van der Waals surface area contributed by atoms with Crippen LogP contribution in [0.2, 0.25) is 10.0 Å². The van der Waals surface area contributed by atoms with Crippen LogP contribution in [0.15, 0.2) is 59.7 Å². The van der Waals surface area contributed by atoms with Crippen LogP contribution in [-0.2, 0) is 18.4 Å². The number of amides is 1. The maximum atomic E-state index is 13.7. The van der Waals surface area contributed by atoms with Crippen molar-refractivity contribution >= 4 is 51.4 Å². The summed E-state index contributed by atoms with van der Waals surface area (Å²) < 4.78 is 34.0. The zero-order valence-corrected chi connectivity index (χ0v) is 26.7. The van der Waals surface area contributed by atoms with E-state index in [1.54, 1.807) is 42.6 Å². The number of halogens is 4. The van der Waals surface area contributed by atoms with Crippen LogP contribution in [0.4, 0.5) is 20.3 Å². The van der Waals surface area contributed by atoms with E-state index < -0.39 is 17.7 Å². The summed E-state index contributed by atoms with van der Waals surface area (Å²) in [7, 11) is 2.96. The molecule has 1 unspecified atom stereocenters. The van der Waals surface area contributed by atoms with Crippen LogP contribution >= 0.6 is 23.2 Å². The second kappa shape index (κ2) is 13.6. The van der Waals surface area contributed by atoms with Gasteiger partial charge in [0, 0.05) is 54.7 Å². The number of rotatable bonds is 10. The summed E-state index contributed by atoms with van der Waals surface area (Å²) >= 11 is 13.8. The SMILES string of the molecule is COc1nc(-c2cccc(-c3cccc(Nc4nc(C(F)F)cc5cnn(C)c(=O)c45)c3Cl)c2Cl)cnc1CNCC1CCC(=O)N1. The summed E-state index contributed by atoms with van der Waals surface area (Å²) in [6, 6.07) is 11.7. The predicted octanol–water partition coefficient (Wildman–Crippen LogP) is 5.82. The van der Waals surface area contributed by atoms with Gasteiger partial charge in [-0.25, -0.2) is 23.4 Å². The van der Waals surface area contributed by atoms with E-state index in [1.807, 2.05) is 0 Å². The van der Waals surface area contributed by atoms with Gasteiger partial charge in [-0.3, -0.25) is 14.6 Å². The van der Waals surface area contributed by atoms with Crippen LogP contribution in [0.1, 0.15) is 30.7 Å². The number of fused-ring (bicyclic) bond motifs is 1. The number of methoxy groups -OCH3 is 1. The average molecular weight is 682 g/mol.